The highest BCUT2D eigenvalue weighted by atomic mass is 16.5. The Hall–Kier alpha value is -2.92. The third-order valence-electron chi connectivity index (χ3n) is 6.61. The monoisotopic (exact) mass is 415 g/mol. The standard InChI is InChI=1S/C26H29N3O2/c1-20-3-5-22(6-4-20)26(11-2-12-26)23-7-9-24(10-8-23)31-19-21-17-27-25(28-18-21)29-13-15-30-16-14-29/h3-10,17-18H,2,11-16,19H2,1H3. The van der Waals surface area contributed by atoms with E-state index in [2.05, 4.69) is 70.3 Å². The van der Waals surface area contributed by atoms with Gasteiger partial charge in [-0.2, -0.15) is 0 Å². The quantitative estimate of drug-likeness (QED) is 0.585. The molecule has 3 aromatic rings. The van der Waals surface area contributed by atoms with Crippen molar-refractivity contribution in [2.24, 2.45) is 0 Å². The molecule has 1 aromatic heterocycles. The molecule has 0 spiro atoms. The van der Waals surface area contributed by atoms with Crippen molar-refractivity contribution in [2.75, 3.05) is 31.2 Å². The Morgan fingerprint density at radius 2 is 1.52 bits per heavy atom. The molecule has 5 nitrogen and oxygen atoms in total. The van der Waals surface area contributed by atoms with Crippen LogP contribution in [0.4, 0.5) is 5.95 Å². The molecule has 1 aliphatic carbocycles. The van der Waals surface area contributed by atoms with Gasteiger partial charge in [-0.15, -0.1) is 0 Å². The Kier molecular flexibility index (Phi) is 5.60. The van der Waals surface area contributed by atoms with Gasteiger partial charge in [0.25, 0.3) is 0 Å². The molecule has 0 N–H and O–H groups in total. The van der Waals surface area contributed by atoms with Crippen molar-refractivity contribution in [3.05, 3.63) is 83.2 Å². The fraction of sp³-hybridized carbons (Fsp3) is 0.385. The Balaban J connectivity index is 1.23. The van der Waals surface area contributed by atoms with Gasteiger partial charge >= 0.3 is 0 Å². The van der Waals surface area contributed by atoms with Crippen molar-refractivity contribution in [2.45, 2.75) is 38.2 Å². The third kappa shape index (κ3) is 4.15. The summed E-state index contributed by atoms with van der Waals surface area (Å²) < 4.78 is 11.4. The second kappa shape index (κ2) is 8.67. The number of aromatic nitrogens is 2. The molecule has 0 bridgehead atoms. The van der Waals surface area contributed by atoms with E-state index in [-0.39, 0.29) is 5.41 Å². The lowest BCUT2D eigenvalue weighted by molar-refractivity contribution is 0.122. The van der Waals surface area contributed by atoms with Gasteiger partial charge in [-0.25, -0.2) is 9.97 Å². The average molecular weight is 416 g/mol. The fourth-order valence-corrected chi connectivity index (χ4v) is 4.53. The number of rotatable bonds is 6. The Morgan fingerprint density at radius 3 is 2.10 bits per heavy atom. The zero-order valence-electron chi connectivity index (χ0n) is 18.1. The van der Waals surface area contributed by atoms with Crippen molar-refractivity contribution in [1.29, 1.82) is 0 Å². The molecule has 2 fully saturated rings. The maximum Gasteiger partial charge on any atom is 0.225 e. The van der Waals surface area contributed by atoms with E-state index < -0.39 is 0 Å². The zero-order valence-corrected chi connectivity index (χ0v) is 18.1. The van der Waals surface area contributed by atoms with Gasteiger partial charge < -0.3 is 14.4 Å². The van der Waals surface area contributed by atoms with Gasteiger partial charge in [0.15, 0.2) is 0 Å². The first-order valence-electron chi connectivity index (χ1n) is 11.2. The topological polar surface area (TPSA) is 47.5 Å². The van der Waals surface area contributed by atoms with E-state index in [9.17, 15) is 0 Å². The lowest BCUT2D eigenvalue weighted by atomic mass is 9.60. The van der Waals surface area contributed by atoms with Crippen LogP contribution in [0.2, 0.25) is 0 Å². The summed E-state index contributed by atoms with van der Waals surface area (Å²) in [5.41, 5.74) is 5.25. The average Bonchev–Trinajstić information content (AvgIpc) is 2.80. The minimum atomic E-state index is 0.162. The zero-order chi connectivity index (χ0) is 21.1. The highest BCUT2D eigenvalue weighted by molar-refractivity contribution is 5.44. The van der Waals surface area contributed by atoms with E-state index in [1.165, 1.54) is 36.0 Å². The normalized spacial score (nSPS) is 17.8. The summed E-state index contributed by atoms with van der Waals surface area (Å²) in [6.45, 7) is 5.75. The first-order chi connectivity index (χ1) is 15.2. The maximum absolute atomic E-state index is 6.00. The van der Waals surface area contributed by atoms with Crippen LogP contribution in [0, 0.1) is 6.92 Å². The second-order valence-electron chi connectivity index (χ2n) is 8.61. The summed E-state index contributed by atoms with van der Waals surface area (Å²) in [7, 11) is 0. The van der Waals surface area contributed by atoms with Crippen molar-refractivity contribution < 1.29 is 9.47 Å². The first-order valence-corrected chi connectivity index (χ1v) is 11.2. The van der Waals surface area contributed by atoms with E-state index in [0.29, 0.717) is 6.61 Å². The number of aryl methyl sites for hydroxylation is 1. The smallest absolute Gasteiger partial charge is 0.225 e. The number of hydrogen-bond acceptors (Lipinski definition) is 5. The number of benzene rings is 2. The molecule has 5 rings (SSSR count). The Bertz CT molecular complexity index is 990. The Morgan fingerprint density at radius 1 is 0.903 bits per heavy atom. The van der Waals surface area contributed by atoms with Crippen LogP contribution in [0.5, 0.6) is 5.75 Å². The van der Waals surface area contributed by atoms with Crippen LogP contribution in [0.25, 0.3) is 0 Å². The van der Waals surface area contributed by atoms with Gasteiger partial charge in [-0.3, -0.25) is 0 Å². The first kappa shape index (κ1) is 20.0. The molecule has 5 heteroatoms. The molecule has 2 aromatic carbocycles. The summed E-state index contributed by atoms with van der Waals surface area (Å²) in [5, 5.41) is 0. The number of anilines is 1. The van der Waals surface area contributed by atoms with Crippen LogP contribution in [0.15, 0.2) is 60.9 Å². The van der Waals surface area contributed by atoms with Crippen LogP contribution < -0.4 is 9.64 Å². The molecule has 0 unspecified atom stereocenters. The van der Waals surface area contributed by atoms with Gasteiger partial charge in [0.1, 0.15) is 12.4 Å². The van der Waals surface area contributed by atoms with Gasteiger partial charge in [-0.05, 0) is 43.0 Å². The third-order valence-corrected chi connectivity index (χ3v) is 6.61. The highest BCUT2D eigenvalue weighted by Crippen LogP contribution is 2.49. The van der Waals surface area contributed by atoms with Crippen LogP contribution in [0.3, 0.4) is 0 Å². The largest absolute Gasteiger partial charge is 0.489 e. The fourth-order valence-electron chi connectivity index (χ4n) is 4.53. The summed E-state index contributed by atoms with van der Waals surface area (Å²) in [6.07, 6.45) is 7.42. The molecule has 0 atom stereocenters. The van der Waals surface area contributed by atoms with Gasteiger partial charge in [0, 0.05) is 36.5 Å². The molecule has 1 saturated carbocycles. The second-order valence-corrected chi connectivity index (χ2v) is 8.61. The molecule has 1 saturated heterocycles. The number of hydrogen-bond donors (Lipinski definition) is 0. The van der Waals surface area contributed by atoms with E-state index in [1.807, 2.05) is 12.4 Å². The summed E-state index contributed by atoms with van der Waals surface area (Å²) >= 11 is 0. The molecule has 31 heavy (non-hydrogen) atoms. The minimum absolute atomic E-state index is 0.162. The maximum atomic E-state index is 6.00. The molecule has 160 valence electrons. The molecule has 2 aliphatic rings. The van der Waals surface area contributed by atoms with Gasteiger partial charge in [0.2, 0.25) is 5.95 Å². The van der Waals surface area contributed by atoms with Gasteiger partial charge in [0.05, 0.1) is 13.2 Å². The van der Waals surface area contributed by atoms with Crippen LogP contribution in [0.1, 0.15) is 41.5 Å². The molecule has 0 radical (unpaired) electrons. The van der Waals surface area contributed by atoms with Crippen LogP contribution >= 0.6 is 0 Å². The predicted octanol–water partition coefficient (Wildman–Crippen LogP) is 4.67. The summed E-state index contributed by atoms with van der Waals surface area (Å²) in [5.74, 6) is 1.64. The van der Waals surface area contributed by atoms with Crippen molar-refractivity contribution >= 4 is 5.95 Å². The molecule has 2 heterocycles. The molecule has 0 amide bonds. The molecular weight excluding hydrogens is 386 g/mol. The lowest BCUT2D eigenvalue weighted by Gasteiger charge is -2.43. The number of ether oxygens (including phenoxy) is 2. The van der Waals surface area contributed by atoms with Crippen molar-refractivity contribution in [3.63, 3.8) is 0 Å². The molecule has 1 aliphatic heterocycles. The number of nitrogens with zero attached hydrogens (tertiary/aromatic N) is 3. The predicted molar refractivity (Wildman–Crippen MR) is 122 cm³/mol. The van der Waals surface area contributed by atoms with E-state index >= 15 is 0 Å². The van der Waals surface area contributed by atoms with Crippen LogP contribution in [-0.2, 0) is 16.8 Å². The summed E-state index contributed by atoms with van der Waals surface area (Å²) in [4.78, 5) is 11.1. The minimum Gasteiger partial charge on any atom is -0.489 e. The SMILES string of the molecule is Cc1ccc(C2(c3ccc(OCc4cnc(N5CCOCC5)nc4)cc3)CCC2)cc1. The number of morpholine rings is 1. The molecular formula is C26H29N3O2. The lowest BCUT2D eigenvalue weighted by Crippen LogP contribution is -2.37. The summed E-state index contributed by atoms with van der Waals surface area (Å²) in [6, 6.07) is 17.7. The van der Waals surface area contributed by atoms with Crippen LogP contribution in [-0.4, -0.2) is 36.3 Å². The van der Waals surface area contributed by atoms with E-state index in [0.717, 1.165) is 43.6 Å². The van der Waals surface area contributed by atoms with Gasteiger partial charge in [-0.1, -0.05) is 48.4 Å². The van der Waals surface area contributed by atoms with E-state index in [4.69, 9.17) is 9.47 Å². The van der Waals surface area contributed by atoms with E-state index in [1.54, 1.807) is 0 Å². The van der Waals surface area contributed by atoms with Crippen molar-refractivity contribution in [3.8, 4) is 5.75 Å². The Labute approximate surface area is 184 Å². The van der Waals surface area contributed by atoms with Crippen molar-refractivity contribution in [1.82, 2.24) is 9.97 Å². The highest BCUT2D eigenvalue weighted by Gasteiger charge is 2.40.